The molecular weight excluding hydrogens is 442 g/mol. The minimum absolute atomic E-state index is 0.144. The Balaban J connectivity index is 1.42. The molecule has 1 amide bonds. The number of nitrogens with one attached hydrogen (secondary N) is 1. The molecule has 0 saturated carbocycles. The van der Waals surface area contributed by atoms with E-state index in [1.54, 1.807) is 42.5 Å². The number of halogens is 1. The first kappa shape index (κ1) is 20.8. The van der Waals surface area contributed by atoms with Crippen LogP contribution < -0.4 is 15.5 Å². The van der Waals surface area contributed by atoms with Crippen molar-refractivity contribution in [2.45, 2.75) is 6.92 Å². The highest BCUT2D eigenvalue weighted by Crippen LogP contribution is 2.27. The summed E-state index contributed by atoms with van der Waals surface area (Å²) >= 11 is 5.99. The summed E-state index contributed by atoms with van der Waals surface area (Å²) in [6.07, 6.45) is 0. The number of carbonyl (C=O) groups is 1. The van der Waals surface area contributed by atoms with Crippen LogP contribution in [0.25, 0.3) is 33.3 Å². The Kier molecular flexibility index (Phi) is 5.36. The molecule has 0 radical (unpaired) electrons. The molecule has 3 aromatic carbocycles. The topological polar surface area (TPSA) is 81.7 Å². The van der Waals surface area contributed by atoms with E-state index in [1.807, 2.05) is 31.2 Å². The number of benzene rings is 3. The smallest absolute Gasteiger partial charge is 0.291 e. The Morgan fingerprint density at radius 2 is 1.73 bits per heavy atom. The average molecular weight is 460 g/mol. The summed E-state index contributed by atoms with van der Waals surface area (Å²) < 4.78 is 17.0. The molecule has 0 fully saturated rings. The van der Waals surface area contributed by atoms with Crippen molar-refractivity contribution in [3.63, 3.8) is 0 Å². The zero-order valence-corrected chi connectivity index (χ0v) is 18.3. The van der Waals surface area contributed by atoms with E-state index in [0.29, 0.717) is 39.6 Å². The van der Waals surface area contributed by atoms with Gasteiger partial charge in [0.05, 0.1) is 12.0 Å². The highest BCUT2D eigenvalue weighted by atomic mass is 35.5. The van der Waals surface area contributed by atoms with Gasteiger partial charge in [0, 0.05) is 27.7 Å². The van der Waals surface area contributed by atoms with Gasteiger partial charge in [-0.25, -0.2) is 0 Å². The standard InChI is InChI=1S/C26H18ClNO5/c1-2-31-19-7-3-15(4-8-19)24-14-21(29)20-13-18(6-10-23(20)33-24)28-26(30)25-12-16-11-17(27)5-9-22(16)32-25/h3-14H,2H2,1H3,(H,28,30). The van der Waals surface area contributed by atoms with Crippen LogP contribution in [0.2, 0.25) is 5.02 Å². The molecule has 0 bridgehead atoms. The average Bonchev–Trinajstić information content (AvgIpc) is 3.23. The maximum atomic E-state index is 12.8. The van der Waals surface area contributed by atoms with Gasteiger partial charge in [-0.15, -0.1) is 0 Å². The van der Waals surface area contributed by atoms with E-state index in [9.17, 15) is 9.59 Å². The quantitative estimate of drug-likeness (QED) is 0.324. The first-order chi connectivity index (χ1) is 16.0. The molecule has 2 aromatic heterocycles. The van der Waals surface area contributed by atoms with Crippen LogP contribution in [-0.2, 0) is 0 Å². The maximum absolute atomic E-state index is 12.8. The van der Waals surface area contributed by atoms with Crippen LogP contribution in [0.1, 0.15) is 17.5 Å². The van der Waals surface area contributed by atoms with Crippen LogP contribution in [0.3, 0.4) is 0 Å². The lowest BCUT2D eigenvalue weighted by Crippen LogP contribution is -2.11. The van der Waals surface area contributed by atoms with Gasteiger partial charge in [-0.1, -0.05) is 11.6 Å². The fourth-order valence-electron chi connectivity index (χ4n) is 3.58. The monoisotopic (exact) mass is 459 g/mol. The number of hydrogen-bond donors (Lipinski definition) is 1. The number of fused-ring (bicyclic) bond motifs is 2. The Hall–Kier alpha value is -4.03. The zero-order chi connectivity index (χ0) is 22.9. The Morgan fingerprint density at radius 1 is 0.939 bits per heavy atom. The number of hydrogen-bond acceptors (Lipinski definition) is 5. The van der Waals surface area contributed by atoms with Gasteiger partial charge in [0.2, 0.25) is 0 Å². The van der Waals surface area contributed by atoms with Crippen LogP contribution in [0, 0.1) is 0 Å². The van der Waals surface area contributed by atoms with E-state index in [1.165, 1.54) is 6.07 Å². The number of carbonyl (C=O) groups excluding carboxylic acids is 1. The molecule has 0 atom stereocenters. The lowest BCUT2D eigenvalue weighted by Gasteiger charge is -2.07. The molecule has 33 heavy (non-hydrogen) atoms. The van der Waals surface area contributed by atoms with E-state index in [-0.39, 0.29) is 11.2 Å². The summed E-state index contributed by atoms with van der Waals surface area (Å²) in [5, 5.41) is 4.40. The second kappa shape index (κ2) is 8.48. The van der Waals surface area contributed by atoms with Crippen molar-refractivity contribution >= 4 is 45.1 Å². The van der Waals surface area contributed by atoms with Gasteiger partial charge in [0.1, 0.15) is 22.7 Å². The summed E-state index contributed by atoms with van der Waals surface area (Å²) in [7, 11) is 0. The van der Waals surface area contributed by atoms with Gasteiger partial charge in [-0.3, -0.25) is 9.59 Å². The number of rotatable bonds is 5. The largest absolute Gasteiger partial charge is 0.494 e. The summed E-state index contributed by atoms with van der Waals surface area (Å²) in [6, 6.07) is 20.4. The fourth-order valence-corrected chi connectivity index (χ4v) is 3.76. The van der Waals surface area contributed by atoms with E-state index in [2.05, 4.69) is 5.32 Å². The third-order valence-corrected chi connectivity index (χ3v) is 5.37. The lowest BCUT2D eigenvalue weighted by atomic mass is 10.1. The number of furan rings is 1. The molecule has 0 aliphatic heterocycles. The van der Waals surface area contributed by atoms with Crippen LogP contribution >= 0.6 is 11.6 Å². The van der Waals surface area contributed by atoms with Crippen molar-refractivity contribution in [1.29, 1.82) is 0 Å². The highest BCUT2D eigenvalue weighted by molar-refractivity contribution is 6.31. The zero-order valence-electron chi connectivity index (χ0n) is 17.6. The molecule has 0 unspecified atom stereocenters. The van der Waals surface area contributed by atoms with Gasteiger partial charge >= 0.3 is 0 Å². The van der Waals surface area contributed by atoms with Crippen LogP contribution in [-0.4, -0.2) is 12.5 Å². The molecule has 2 heterocycles. The molecule has 1 N–H and O–H groups in total. The van der Waals surface area contributed by atoms with Gasteiger partial charge < -0.3 is 18.9 Å². The predicted molar refractivity (Wildman–Crippen MR) is 128 cm³/mol. The van der Waals surface area contributed by atoms with Crippen molar-refractivity contribution in [3.05, 3.63) is 93.8 Å². The fraction of sp³-hybridized carbons (Fsp3) is 0.0769. The molecule has 0 aliphatic carbocycles. The molecule has 5 rings (SSSR count). The SMILES string of the molecule is CCOc1ccc(-c2cc(=O)c3cc(NC(=O)c4cc5cc(Cl)ccc5o4)ccc3o2)cc1. The molecular formula is C26H18ClNO5. The lowest BCUT2D eigenvalue weighted by molar-refractivity contribution is 0.0998. The summed E-state index contributed by atoms with van der Waals surface area (Å²) in [4.78, 5) is 25.4. The minimum Gasteiger partial charge on any atom is -0.494 e. The molecule has 0 saturated heterocycles. The minimum atomic E-state index is -0.433. The van der Waals surface area contributed by atoms with Crippen molar-refractivity contribution in [2.24, 2.45) is 0 Å². The maximum Gasteiger partial charge on any atom is 0.291 e. The first-order valence-electron chi connectivity index (χ1n) is 10.3. The summed E-state index contributed by atoms with van der Waals surface area (Å²) in [6.45, 7) is 2.49. The van der Waals surface area contributed by atoms with Gasteiger partial charge in [0.25, 0.3) is 5.91 Å². The Bertz CT molecular complexity index is 1550. The van der Waals surface area contributed by atoms with Crippen molar-refractivity contribution in [2.75, 3.05) is 11.9 Å². The molecule has 0 aliphatic rings. The van der Waals surface area contributed by atoms with Crippen molar-refractivity contribution in [1.82, 2.24) is 0 Å². The van der Waals surface area contributed by atoms with Crippen LogP contribution in [0.5, 0.6) is 5.75 Å². The normalized spacial score (nSPS) is 11.1. The van der Waals surface area contributed by atoms with Crippen molar-refractivity contribution in [3.8, 4) is 17.1 Å². The summed E-state index contributed by atoms with van der Waals surface area (Å²) in [5.74, 6) is 0.910. The van der Waals surface area contributed by atoms with Crippen LogP contribution in [0.15, 0.2) is 86.4 Å². The van der Waals surface area contributed by atoms with E-state index in [4.69, 9.17) is 25.2 Å². The van der Waals surface area contributed by atoms with E-state index in [0.717, 1.165) is 16.7 Å². The van der Waals surface area contributed by atoms with Gasteiger partial charge in [0.15, 0.2) is 11.2 Å². The third kappa shape index (κ3) is 4.21. The second-order valence-electron chi connectivity index (χ2n) is 7.39. The molecule has 6 nitrogen and oxygen atoms in total. The van der Waals surface area contributed by atoms with Gasteiger partial charge in [-0.2, -0.15) is 0 Å². The Morgan fingerprint density at radius 3 is 2.52 bits per heavy atom. The number of amides is 1. The van der Waals surface area contributed by atoms with Crippen LogP contribution in [0.4, 0.5) is 5.69 Å². The Labute approximate surface area is 193 Å². The van der Waals surface area contributed by atoms with E-state index < -0.39 is 5.91 Å². The van der Waals surface area contributed by atoms with E-state index >= 15 is 0 Å². The molecule has 164 valence electrons. The van der Waals surface area contributed by atoms with Gasteiger partial charge in [-0.05, 0) is 73.7 Å². The molecule has 0 spiro atoms. The highest BCUT2D eigenvalue weighted by Gasteiger charge is 2.14. The second-order valence-corrected chi connectivity index (χ2v) is 7.83. The molecule has 5 aromatic rings. The number of anilines is 1. The number of ether oxygens (including phenoxy) is 1. The first-order valence-corrected chi connectivity index (χ1v) is 10.7. The van der Waals surface area contributed by atoms with Crippen molar-refractivity contribution < 1.29 is 18.4 Å². The predicted octanol–water partition coefficient (Wildman–Crippen LogP) is 6.51. The third-order valence-electron chi connectivity index (χ3n) is 5.14. The summed E-state index contributed by atoms with van der Waals surface area (Å²) in [5.41, 5.74) is 1.98. The molecule has 7 heteroatoms.